The molecule has 0 spiro atoms. The van der Waals surface area contributed by atoms with Crippen LogP contribution in [0.3, 0.4) is 0 Å². The molecule has 0 unspecified atom stereocenters. The second-order valence-corrected chi connectivity index (χ2v) is 7.15. The largest absolute Gasteiger partial charge is 0.351 e. The van der Waals surface area contributed by atoms with Crippen LogP contribution >= 0.6 is 0 Å². The highest BCUT2D eigenvalue weighted by Crippen LogP contribution is 2.07. The molecule has 1 N–H and O–H groups in total. The standard InChI is InChI=1S/C16H21N3O3S/c1-12(2)8-16-18-14(19-22-16)10-23(21)11-15(20)17-9-13-6-4-3-5-7-13/h3-7,12H,8-11H2,1-2H3,(H,17,20)/t23-/m1/s1. The molecule has 0 radical (unpaired) electrons. The number of rotatable bonds is 8. The van der Waals surface area contributed by atoms with Gasteiger partial charge in [0, 0.05) is 23.8 Å². The van der Waals surface area contributed by atoms with E-state index >= 15 is 0 Å². The molecule has 23 heavy (non-hydrogen) atoms. The third-order valence-electron chi connectivity index (χ3n) is 3.01. The third kappa shape index (κ3) is 6.32. The SMILES string of the molecule is CC(C)Cc1nc(C[S@@](=O)CC(=O)NCc2ccccc2)no1. The maximum Gasteiger partial charge on any atom is 0.232 e. The fourth-order valence-electron chi connectivity index (χ4n) is 1.97. The van der Waals surface area contributed by atoms with Crippen LogP contribution in [0.5, 0.6) is 0 Å². The van der Waals surface area contributed by atoms with Crippen molar-refractivity contribution in [3.05, 3.63) is 47.6 Å². The molecule has 0 saturated heterocycles. The fraction of sp³-hybridized carbons (Fsp3) is 0.438. The predicted octanol–water partition coefficient (Wildman–Crippen LogP) is 1.83. The summed E-state index contributed by atoms with van der Waals surface area (Å²) in [4.78, 5) is 16.0. The molecule has 0 bridgehead atoms. The van der Waals surface area contributed by atoms with E-state index in [4.69, 9.17) is 4.52 Å². The maximum atomic E-state index is 12.0. The van der Waals surface area contributed by atoms with Crippen molar-refractivity contribution in [1.82, 2.24) is 15.5 Å². The Morgan fingerprint density at radius 3 is 2.74 bits per heavy atom. The number of hydrogen-bond donors (Lipinski definition) is 1. The maximum absolute atomic E-state index is 12.0. The highest BCUT2D eigenvalue weighted by molar-refractivity contribution is 7.84. The van der Waals surface area contributed by atoms with Gasteiger partial charge in [0.15, 0.2) is 5.82 Å². The summed E-state index contributed by atoms with van der Waals surface area (Å²) in [5.74, 6) is 1.15. The van der Waals surface area contributed by atoms with Crippen molar-refractivity contribution in [1.29, 1.82) is 0 Å². The fourth-order valence-corrected chi connectivity index (χ4v) is 2.87. The Morgan fingerprint density at radius 1 is 1.30 bits per heavy atom. The normalized spacial score (nSPS) is 12.3. The van der Waals surface area contributed by atoms with E-state index < -0.39 is 10.8 Å². The molecule has 124 valence electrons. The van der Waals surface area contributed by atoms with Gasteiger partial charge in [-0.2, -0.15) is 4.98 Å². The van der Waals surface area contributed by atoms with Crippen LogP contribution in [0.2, 0.25) is 0 Å². The average Bonchev–Trinajstić information content (AvgIpc) is 2.92. The Hall–Kier alpha value is -2.02. The second-order valence-electron chi connectivity index (χ2n) is 5.69. The van der Waals surface area contributed by atoms with Crippen molar-refractivity contribution in [3.8, 4) is 0 Å². The van der Waals surface area contributed by atoms with Gasteiger partial charge in [-0.05, 0) is 11.5 Å². The van der Waals surface area contributed by atoms with E-state index in [9.17, 15) is 9.00 Å². The van der Waals surface area contributed by atoms with Gasteiger partial charge >= 0.3 is 0 Å². The predicted molar refractivity (Wildman–Crippen MR) is 87.8 cm³/mol. The summed E-state index contributed by atoms with van der Waals surface area (Å²) in [7, 11) is -1.36. The van der Waals surface area contributed by atoms with E-state index in [0.717, 1.165) is 5.56 Å². The Labute approximate surface area is 138 Å². The van der Waals surface area contributed by atoms with Crippen molar-refractivity contribution in [2.24, 2.45) is 5.92 Å². The van der Waals surface area contributed by atoms with Gasteiger partial charge in [0.25, 0.3) is 0 Å². The molecule has 0 aliphatic rings. The zero-order valence-electron chi connectivity index (χ0n) is 13.3. The number of benzene rings is 1. The van der Waals surface area contributed by atoms with E-state index in [-0.39, 0.29) is 17.4 Å². The molecule has 1 heterocycles. The molecule has 1 amide bonds. The van der Waals surface area contributed by atoms with Crippen LogP contribution in [-0.4, -0.2) is 26.0 Å². The van der Waals surface area contributed by atoms with Crippen LogP contribution in [0.15, 0.2) is 34.9 Å². The van der Waals surface area contributed by atoms with Gasteiger partial charge in [-0.3, -0.25) is 9.00 Å². The molecule has 1 aromatic carbocycles. The number of nitrogens with zero attached hydrogens (tertiary/aromatic N) is 2. The first-order chi connectivity index (χ1) is 11.0. The van der Waals surface area contributed by atoms with Gasteiger partial charge in [-0.15, -0.1) is 0 Å². The van der Waals surface area contributed by atoms with Gasteiger partial charge in [-0.25, -0.2) is 0 Å². The van der Waals surface area contributed by atoms with Crippen molar-refractivity contribution in [2.75, 3.05) is 5.75 Å². The lowest BCUT2D eigenvalue weighted by atomic mass is 10.1. The Morgan fingerprint density at radius 2 is 2.04 bits per heavy atom. The molecule has 2 aromatic rings. The summed E-state index contributed by atoms with van der Waals surface area (Å²) < 4.78 is 17.1. The average molecular weight is 335 g/mol. The number of amides is 1. The van der Waals surface area contributed by atoms with Crippen molar-refractivity contribution < 1.29 is 13.5 Å². The van der Waals surface area contributed by atoms with Gasteiger partial charge in [0.1, 0.15) is 5.75 Å². The summed E-state index contributed by atoms with van der Waals surface area (Å²) >= 11 is 0. The van der Waals surface area contributed by atoms with Crippen molar-refractivity contribution in [2.45, 2.75) is 32.6 Å². The van der Waals surface area contributed by atoms with Crippen LogP contribution in [-0.2, 0) is 34.3 Å². The third-order valence-corrected chi connectivity index (χ3v) is 4.17. The van der Waals surface area contributed by atoms with Crippen LogP contribution in [0.4, 0.5) is 0 Å². The van der Waals surface area contributed by atoms with Crippen LogP contribution < -0.4 is 5.32 Å². The monoisotopic (exact) mass is 335 g/mol. The number of carbonyl (C=O) groups excluding carboxylic acids is 1. The first-order valence-electron chi connectivity index (χ1n) is 7.50. The molecular formula is C16H21N3O3S. The number of carbonyl (C=O) groups is 1. The van der Waals surface area contributed by atoms with Gasteiger partial charge in [0.2, 0.25) is 11.8 Å². The van der Waals surface area contributed by atoms with E-state index in [1.807, 2.05) is 30.3 Å². The lowest BCUT2D eigenvalue weighted by molar-refractivity contribution is -0.118. The number of nitrogens with one attached hydrogen (secondary N) is 1. The lowest BCUT2D eigenvalue weighted by Gasteiger charge is -2.04. The van der Waals surface area contributed by atoms with Crippen molar-refractivity contribution in [3.63, 3.8) is 0 Å². The molecule has 2 rings (SSSR count). The van der Waals surface area contributed by atoms with Gasteiger partial charge < -0.3 is 9.84 Å². The number of aromatic nitrogens is 2. The second kappa shape index (κ2) is 8.57. The summed E-state index contributed by atoms with van der Waals surface area (Å²) in [5.41, 5.74) is 1.00. The van der Waals surface area contributed by atoms with Gasteiger partial charge in [0.05, 0.1) is 5.75 Å². The molecular weight excluding hydrogens is 314 g/mol. The zero-order valence-corrected chi connectivity index (χ0v) is 14.1. The van der Waals surface area contributed by atoms with Crippen LogP contribution in [0.1, 0.15) is 31.1 Å². The molecule has 6 nitrogen and oxygen atoms in total. The minimum absolute atomic E-state index is 0.0686. The Bertz CT molecular complexity index is 656. The van der Waals surface area contributed by atoms with E-state index in [1.165, 1.54) is 0 Å². The molecule has 0 aliphatic carbocycles. The van der Waals surface area contributed by atoms with E-state index in [2.05, 4.69) is 29.3 Å². The summed E-state index contributed by atoms with van der Waals surface area (Å²) in [6.07, 6.45) is 0.692. The van der Waals surface area contributed by atoms with E-state index in [0.29, 0.717) is 30.6 Å². The highest BCUT2D eigenvalue weighted by Gasteiger charge is 2.13. The molecule has 0 fully saturated rings. The molecule has 1 atom stereocenters. The first-order valence-corrected chi connectivity index (χ1v) is 8.99. The Kier molecular flexibility index (Phi) is 6.46. The van der Waals surface area contributed by atoms with E-state index in [1.54, 1.807) is 0 Å². The summed E-state index contributed by atoms with van der Waals surface area (Å²) in [6, 6.07) is 9.58. The van der Waals surface area contributed by atoms with Crippen LogP contribution in [0.25, 0.3) is 0 Å². The topological polar surface area (TPSA) is 85.1 Å². The highest BCUT2D eigenvalue weighted by atomic mass is 32.2. The summed E-state index contributed by atoms with van der Waals surface area (Å²) in [5, 5.41) is 6.55. The lowest BCUT2D eigenvalue weighted by Crippen LogP contribution is -2.28. The Balaban J connectivity index is 1.75. The smallest absolute Gasteiger partial charge is 0.232 e. The molecule has 0 saturated carbocycles. The minimum Gasteiger partial charge on any atom is -0.351 e. The quantitative estimate of drug-likeness (QED) is 0.795. The first kappa shape index (κ1) is 17.3. The zero-order chi connectivity index (χ0) is 16.7. The minimum atomic E-state index is -1.36. The summed E-state index contributed by atoms with van der Waals surface area (Å²) in [6.45, 7) is 4.54. The van der Waals surface area contributed by atoms with Crippen LogP contribution in [0, 0.1) is 5.92 Å². The molecule has 0 aliphatic heterocycles. The molecule has 1 aromatic heterocycles. The number of hydrogen-bond acceptors (Lipinski definition) is 5. The van der Waals surface area contributed by atoms with Gasteiger partial charge in [-0.1, -0.05) is 49.3 Å². The molecule has 7 heteroatoms. The van der Waals surface area contributed by atoms with Crippen molar-refractivity contribution >= 4 is 16.7 Å².